The van der Waals surface area contributed by atoms with Gasteiger partial charge in [-0.1, -0.05) is 0 Å². The van der Waals surface area contributed by atoms with Crippen LogP contribution in [0.3, 0.4) is 0 Å². The summed E-state index contributed by atoms with van der Waals surface area (Å²) in [5, 5.41) is 3.13. The lowest BCUT2D eigenvalue weighted by Gasteiger charge is -2.33. The number of carbonyl (C=O) groups is 2. The van der Waals surface area contributed by atoms with Gasteiger partial charge >= 0.3 is 12.1 Å². The summed E-state index contributed by atoms with van der Waals surface area (Å²) in [6, 6.07) is -0.0108. The normalized spacial score (nSPS) is 17.1. The van der Waals surface area contributed by atoms with Crippen molar-refractivity contribution in [3.8, 4) is 0 Å². The molecule has 0 radical (unpaired) electrons. The van der Waals surface area contributed by atoms with Crippen molar-refractivity contribution in [2.45, 2.75) is 32.0 Å². The molecular weight excluding hydrogens is 265 g/mol. The summed E-state index contributed by atoms with van der Waals surface area (Å²) in [6.45, 7) is 2.78. The van der Waals surface area contributed by atoms with Gasteiger partial charge in [-0.3, -0.25) is 4.79 Å². The number of hydrogen-bond acceptors (Lipinski definition) is 4. The quantitative estimate of drug-likeness (QED) is 0.771. The predicted molar refractivity (Wildman–Crippen MR) is 60.3 cm³/mol. The Morgan fingerprint density at radius 2 is 1.89 bits per heavy atom. The predicted octanol–water partition coefficient (Wildman–Crippen LogP) is 0.692. The molecule has 110 valence electrons. The number of nitrogens with one attached hydrogen (secondary N) is 1. The zero-order valence-corrected chi connectivity index (χ0v) is 10.6. The SMILES string of the molecule is CCN(C(=O)COC(=O)C(F)(F)F)C1CCNCC1. The van der Waals surface area contributed by atoms with Crippen molar-refractivity contribution in [2.75, 3.05) is 26.2 Å². The highest BCUT2D eigenvalue weighted by Crippen LogP contribution is 2.17. The lowest BCUT2D eigenvalue weighted by molar-refractivity contribution is -0.200. The first-order valence-corrected chi connectivity index (χ1v) is 6.10. The van der Waals surface area contributed by atoms with Gasteiger partial charge in [-0.2, -0.15) is 13.2 Å². The van der Waals surface area contributed by atoms with Gasteiger partial charge in [0.25, 0.3) is 5.91 Å². The molecule has 0 aromatic rings. The van der Waals surface area contributed by atoms with Crippen molar-refractivity contribution in [3.05, 3.63) is 0 Å². The van der Waals surface area contributed by atoms with Gasteiger partial charge < -0.3 is 15.0 Å². The molecule has 1 saturated heterocycles. The van der Waals surface area contributed by atoms with Crippen LogP contribution in [0.25, 0.3) is 0 Å². The van der Waals surface area contributed by atoms with Gasteiger partial charge in [0.15, 0.2) is 6.61 Å². The van der Waals surface area contributed by atoms with Gasteiger partial charge in [0.05, 0.1) is 0 Å². The van der Waals surface area contributed by atoms with E-state index in [0.717, 1.165) is 25.9 Å². The third-order valence-electron chi connectivity index (χ3n) is 2.97. The number of ether oxygens (including phenoxy) is 1. The standard InChI is InChI=1S/C11H17F3N2O3/c1-2-16(8-3-5-15-6-4-8)9(17)7-19-10(18)11(12,13)14/h8,15H,2-7H2,1H3. The maximum atomic E-state index is 11.9. The summed E-state index contributed by atoms with van der Waals surface area (Å²) < 4.78 is 39.8. The van der Waals surface area contributed by atoms with Crippen molar-refractivity contribution in [1.29, 1.82) is 0 Å². The average molecular weight is 282 g/mol. The van der Waals surface area contributed by atoms with E-state index in [1.54, 1.807) is 6.92 Å². The van der Waals surface area contributed by atoms with Gasteiger partial charge in [0.2, 0.25) is 0 Å². The summed E-state index contributed by atoms with van der Waals surface area (Å²) in [7, 11) is 0. The first kappa shape index (κ1) is 15.7. The molecule has 0 unspecified atom stereocenters. The van der Waals surface area contributed by atoms with Gasteiger partial charge in [-0.05, 0) is 32.9 Å². The fourth-order valence-corrected chi connectivity index (χ4v) is 2.05. The van der Waals surface area contributed by atoms with Gasteiger partial charge in [-0.15, -0.1) is 0 Å². The first-order valence-electron chi connectivity index (χ1n) is 6.10. The number of likely N-dealkylation sites (N-methyl/N-ethyl adjacent to an activating group) is 1. The third kappa shape index (κ3) is 4.70. The molecular formula is C11H17F3N2O3. The van der Waals surface area contributed by atoms with Crippen molar-refractivity contribution in [2.24, 2.45) is 0 Å². The zero-order chi connectivity index (χ0) is 14.5. The molecule has 1 fully saturated rings. The Bertz CT molecular complexity index is 328. The molecule has 1 aliphatic heterocycles. The fourth-order valence-electron chi connectivity index (χ4n) is 2.05. The molecule has 1 aliphatic rings. The van der Waals surface area contributed by atoms with Crippen LogP contribution in [0.4, 0.5) is 13.2 Å². The van der Waals surface area contributed by atoms with Gasteiger partial charge in [-0.25, -0.2) is 4.79 Å². The number of rotatable bonds is 4. The number of alkyl halides is 3. The molecule has 1 N–H and O–H groups in total. The van der Waals surface area contributed by atoms with E-state index in [1.807, 2.05) is 0 Å². The molecule has 1 amide bonds. The van der Waals surface area contributed by atoms with Crippen molar-refractivity contribution in [1.82, 2.24) is 10.2 Å². The van der Waals surface area contributed by atoms with Crippen molar-refractivity contribution < 1.29 is 27.5 Å². The van der Waals surface area contributed by atoms with Crippen LogP contribution in [-0.4, -0.2) is 55.2 Å². The van der Waals surface area contributed by atoms with Crippen LogP contribution in [0.2, 0.25) is 0 Å². The van der Waals surface area contributed by atoms with Crippen LogP contribution in [0.15, 0.2) is 0 Å². The number of nitrogens with zero attached hydrogens (tertiary/aromatic N) is 1. The number of esters is 1. The fraction of sp³-hybridized carbons (Fsp3) is 0.818. The molecule has 1 rings (SSSR count). The number of piperidine rings is 1. The smallest absolute Gasteiger partial charge is 0.449 e. The van der Waals surface area contributed by atoms with E-state index in [1.165, 1.54) is 4.90 Å². The van der Waals surface area contributed by atoms with E-state index >= 15 is 0 Å². The van der Waals surface area contributed by atoms with Crippen LogP contribution in [-0.2, 0) is 14.3 Å². The van der Waals surface area contributed by atoms with Crippen LogP contribution in [0.5, 0.6) is 0 Å². The molecule has 0 aliphatic carbocycles. The van der Waals surface area contributed by atoms with Crippen molar-refractivity contribution >= 4 is 11.9 Å². The van der Waals surface area contributed by atoms with E-state index in [4.69, 9.17) is 0 Å². The Morgan fingerprint density at radius 3 is 2.37 bits per heavy atom. The van der Waals surface area contributed by atoms with Crippen LogP contribution in [0.1, 0.15) is 19.8 Å². The molecule has 1 heterocycles. The van der Waals surface area contributed by atoms with E-state index in [-0.39, 0.29) is 6.04 Å². The number of hydrogen-bond donors (Lipinski definition) is 1. The highest BCUT2D eigenvalue weighted by Gasteiger charge is 2.41. The van der Waals surface area contributed by atoms with E-state index in [9.17, 15) is 22.8 Å². The minimum Gasteiger partial charge on any atom is -0.449 e. The second kappa shape index (κ2) is 6.74. The van der Waals surface area contributed by atoms with E-state index in [0.29, 0.717) is 6.54 Å². The molecule has 5 nitrogen and oxygen atoms in total. The van der Waals surface area contributed by atoms with Crippen LogP contribution < -0.4 is 5.32 Å². The molecule has 0 bridgehead atoms. The summed E-state index contributed by atoms with van der Waals surface area (Å²) in [4.78, 5) is 23.8. The maximum Gasteiger partial charge on any atom is 0.490 e. The number of carbonyl (C=O) groups excluding carboxylic acids is 2. The molecule has 0 atom stereocenters. The Labute approximate surface area is 109 Å². The van der Waals surface area contributed by atoms with Crippen molar-refractivity contribution in [3.63, 3.8) is 0 Å². The topological polar surface area (TPSA) is 58.6 Å². The highest BCUT2D eigenvalue weighted by molar-refractivity contribution is 5.82. The summed E-state index contributed by atoms with van der Waals surface area (Å²) in [5.41, 5.74) is 0. The molecule has 0 aromatic heterocycles. The number of halogens is 3. The Kier molecular flexibility index (Phi) is 5.59. The third-order valence-corrected chi connectivity index (χ3v) is 2.97. The lowest BCUT2D eigenvalue weighted by Crippen LogP contribution is -2.47. The van der Waals surface area contributed by atoms with Gasteiger partial charge in [0.1, 0.15) is 0 Å². The maximum absolute atomic E-state index is 11.9. The highest BCUT2D eigenvalue weighted by atomic mass is 19.4. The van der Waals surface area contributed by atoms with E-state index in [2.05, 4.69) is 10.1 Å². The number of amides is 1. The van der Waals surface area contributed by atoms with Crippen LogP contribution in [0, 0.1) is 0 Å². The first-order chi connectivity index (χ1) is 8.86. The second-order valence-electron chi connectivity index (χ2n) is 4.23. The Balaban J connectivity index is 2.47. The lowest BCUT2D eigenvalue weighted by atomic mass is 10.0. The van der Waals surface area contributed by atoms with Crippen LogP contribution >= 0.6 is 0 Å². The minimum atomic E-state index is -5.06. The summed E-state index contributed by atoms with van der Waals surface area (Å²) >= 11 is 0. The average Bonchev–Trinajstić information content (AvgIpc) is 2.37. The molecule has 8 heteroatoms. The molecule has 0 spiro atoms. The Hall–Kier alpha value is -1.31. The monoisotopic (exact) mass is 282 g/mol. The summed E-state index contributed by atoms with van der Waals surface area (Å²) in [5.74, 6) is -2.92. The van der Waals surface area contributed by atoms with Gasteiger partial charge in [0, 0.05) is 12.6 Å². The molecule has 0 saturated carbocycles. The molecule has 19 heavy (non-hydrogen) atoms. The zero-order valence-electron chi connectivity index (χ0n) is 10.6. The molecule has 0 aromatic carbocycles. The largest absolute Gasteiger partial charge is 0.490 e. The Morgan fingerprint density at radius 1 is 1.32 bits per heavy atom. The summed E-state index contributed by atoms with van der Waals surface area (Å²) in [6.07, 6.45) is -3.58. The second-order valence-corrected chi connectivity index (χ2v) is 4.23. The van der Waals surface area contributed by atoms with E-state index < -0.39 is 24.7 Å². The minimum absolute atomic E-state index is 0.0108.